The Morgan fingerprint density at radius 2 is 2.00 bits per heavy atom. The van der Waals surface area contributed by atoms with Crippen LogP contribution in [0.3, 0.4) is 0 Å². The summed E-state index contributed by atoms with van der Waals surface area (Å²) < 4.78 is 0. The van der Waals surface area contributed by atoms with Gasteiger partial charge in [-0.1, -0.05) is 12.1 Å². The molecular weight excluding hydrogens is 214 g/mol. The van der Waals surface area contributed by atoms with Gasteiger partial charge in [0.2, 0.25) is 5.91 Å². The van der Waals surface area contributed by atoms with Crippen LogP contribution in [0.25, 0.3) is 0 Å². The molecule has 0 unspecified atom stereocenters. The van der Waals surface area contributed by atoms with E-state index in [9.17, 15) is 4.79 Å². The Kier molecular flexibility index (Phi) is 4.24. The lowest BCUT2D eigenvalue weighted by Gasteiger charge is -2.17. The fraction of sp³-hybridized carbons (Fsp3) is 0.385. The zero-order valence-electron chi connectivity index (χ0n) is 10.2. The first-order valence-electron chi connectivity index (χ1n) is 5.45. The number of hydrogen-bond acceptors (Lipinski definition) is 3. The first kappa shape index (κ1) is 13.2. The van der Waals surface area contributed by atoms with E-state index in [4.69, 9.17) is 11.0 Å². The van der Waals surface area contributed by atoms with Crippen LogP contribution < -0.4 is 11.1 Å². The minimum atomic E-state index is -0.491. The van der Waals surface area contributed by atoms with Crippen LogP contribution in [0, 0.1) is 11.3 Å². The summed E-state index contributed by atoms with van der Waals surface area (Å²) in [6, 6.07) is 9.16. The molecule has 0 saturated carbocycles. The number of benzene rings is 1. The van der Waals surface area contributed by atoms with Gasteiger partial charge in [-0.3, -0.25) is 4.79 Å². The summed E-state index contributed by atoms with van der Waals surface area (Å²) in [5, 5.41) is 11.4. The second kappa shape index (κ2) is 5.46. The predicted octanol–water partition coefficient (Wildman–Crippen LogP) is 1.30. The Balaban J connectivity index is 2.45. The van der Waals surface area contributed by atoms with Crippen molar-refractivity contribution in [3.8, 4) is 6.07 Å². The zero-order valence-corrected chi connectivity index (χ0v) is 10.2. The molecule has 0 aliphatic rings. The van der Waals surface area contributed by atoms with Crippen molar-refractivity contribution in [2.75, 3.05) is 0 Å². The quantitative estimate of drug-likeness (QED) is 0.819. The summed E-state index contributed by atoms with van der Waals surface area (Å²) in [7, 11) is 0. The molecule has 1 aromatic carbocycles. The maximum Gasteiger partial charge on any atom is 0.222 e. The van der Waals surface area contributed by atoms with Crippen molar-refractivity contribution in [1.82, 2.24) is 5.32 Å². The molecule has 0 radical (unpaired) electrons. The monoisotopic (exact) mass is 231 g/mol. The number of nitriles is 1. The molecule has 4 heteroatoms. The highest BCUT2D eigenvalue weighted by Crippen LogP contribution is 2.05. The van der Waals surface area contributed by atoms with Gasteiger partial charge < -0.3 is 11.1 Å². The number of nitrogens with one attached hydrogen (secondary N) is 1. The Morgan fingerprint density at radius 3 is 2.47 bits per heavy atom. The SMILES string of the molecule is CC(C)(N)CC(=O)NCc1ccc(C#N)cc1. The van der Waals surface area contributed by atoms with Crippen LogP contribution in [0.4, 0.5) is 0 Å². The molecule has 0 saturated heterocycles. The van der Waals surface area contributed by atoms with Crippen molar-refractivity contribution in [1.29, 1.82) is 5.26 Å². The van der Waals surface area contributed by atoms with Crippen LogP contribution in [0.5, 0.6) is 0 Å². The molecule has 0 spiro atoms. The Hall–Kier alpha value is -1.86. The van der Waals surface area contributed by atoms with Gasteiger partial charge in [-0.25, -0.2) is 0 Å². The van der Waals surface area contributed by atoms with E-state index in [0.717, 1.165) is 5.56 Å². The van der Waals surface area contributed by atoms with Gasteiger partial charge in [0.25, 0.3) is 0 Å². The lowest BCUT2D eigenvalue weighted by atomic mass is 10.0. The van der Waals surface area contributed by atoms with Crippen LogP contribution in [-0.4, -0.2) is 11.4 Å². The molecule has 0 heterocycles. The third-order valence-corrected chi connectivity index (χ3v) is 2.19. The molecular formula is C13H17N3O. The number of hydrogen-bond donors (Lipinski definition) is 2. The second-order valence-corrected chi connectivity index (χ2v) is 4.75. The topological polar surface area (TPSA) is 78.9 Å². The van der Waals surface area contributed by atoms with Crippen molar-refractivity contribution in [2.45, 2.75) is 32.4 Å². The lowest BCUT2D eigenvalue weighted by molar-refractivity contribution is -0.122. The van der Waals surface area contributed by atoms with E-state index in [1.54, 1.807) is 12.1 Å². The highest BCUT2D eigenvalue weighted by molar-refractivity contribution is 5.77. The zero-order chi connectivity index (χ0) is 12.9. The molecule has 0 aliphatic heterocycles. The van der Waals surface area contributed by atoms with Gasteiger partial charge >= 0.3 is 0 Å². The summed E-state index contributed by atoms with van der Waals surface area (Å²) in [5.74, 6) is -0.0677. The van der Waals surface area contributed by atoms with E-state index in [1.165, 1.54) is 0 Å². The van der Waals surface area contributed by atoms with Crippen molar-refractivity contribution in [3.63, 3.8) is 0 Å². The third-order valence-electron chi connectivity index (χ3n) is 2.19. The van der Waals surface area contributed by atoms with Crippen LogP contribution in [-0.2, 0) is 11.3 Å². The average Bonchev–Trinajstić information content (AvgIpc) is 2.25. The molecule has 90 valence electrons. The summed E-state index contributed by atoms with van der Waals surface area (Å²) >= 11 is 0. The summed E-state index contributed by atoms with van der Waals surface area (Å²) in [6.07, 6.45) is 0.295. The fourth-order valence-corrected chi connectivity index (χ4v) is 1.37. The molecule has 0 aromatic heterocycles. The van der Waals surface area contributed by atoms with E-state index in [1.807, 2.05) is 32.0 Å². The van der Waals surface area contributed by atoms with E-state index in [2.05, 4.69) is 5.32 Å². The Labute approximate surface area is 101 Å². The van der Waals surface area contributed by atoms with Crippen molar-refractivity contribution < 1.29 is 4.79 Å². The highest BCUT2D eigenvalue weighted by Gasteiger charge is 2.15. The Morgan fingerprint density at radius 1 is 1.41 bits per heavy atom. The van der Waals surface area contributed by atoms with Gasteiger partial charge in [0.05, 0.1) is 11.6 Å². The maximum absolute atomic E-state index is 11.5. The van der Waals surface area contributed by atoms with Gasteiger partial charge in [0, 0.05) is 18.5 Å². The fourth-order valence-electron chi connectivity index (χ4n) is 1.37. The molecule has 0 bridgehead atoms. The van der Waals surface area contributed by atoms with Crippen molar-refractivity contribution in [2.24, 2.45) is 5.73 Å². The average molecular weight is 231 g/mol. The molecule has 17 heavy (non-hydrogen) atoms. The number of nitrogens with zero attached hydrogens (tertiary/aromatic N) is 1. The smallest absolute Gasteiger partial charge is 0.222 e. The summed E-state index contributed by atoms with van der Waals surface area (Å²) in [5.41, 5.74) is 6.83. The second-order valence-electron chi connectivity index (χ2n) is 4.75. The van der Waals surface area contributed by atoms with E-state index in [0.29, 0.717) is 18.5 Å². The molecule has 1 amide bonds. The van der Waals surface area contributed by atoms with Gasteiger partial charge in [-0.2, -0.15) is 5.26 Å². The first-order valence-corrected chi connectivity index (χ1v) is 5.45. The summed E-state index contributed by atoms with van der Waals surface area (Å²) in [4.78, 5) is 11.5. The molecule has 0 fully saturated rings. The van der Waals surface area contributed by atoms with Gasteiger partial charge in [-0.15, -0.1) is 0 Å². The van der Waals surface area contributed by atoms with E-state index in [-0.39, 0.29) is 5.91 Å². The van der Waals surface area contributed by atoms with Gasteiger partial charge in [0.15, 0.2) is 0 Å². The van der Waals surface area contributed by atoms with Crippen LogP contribution in [0.2, 0.25) is 0 Å². The van der Waals surface area contributed by atoms with Gasteiger partial charge in [0.1, 0.15) is 0 Å². The molecule has 0 aliphatic carbocycles. The highest BCUT2D eigenvalue weighted by atomic mass is 16.1. The molecule has 1 rings (SSSR count). The minimum absolute atomic E-state index is 0.0677. The van der Waals surface area contributed by atoms with Crippen molar-refractivity contribution in [3.05, 3.63) is 35.4 Å². The van der Waals surface area contributed by atoms with Crippen LogP contribution >= 0.6 is 0 Å². The van der Waals surface area contributed by atoms with Gasteiger partial charge in [-0.05, 0) is 31.5 Å². The largest absolute Gasteiger partial charge is 0.352 e. The molecule has 4 nitrogen and oxygen atoms in total. The van der Waals surface area contributed by atoms with E-state index >= 15 is 0 Å². The number of amides is 1. The number of carbonyl (C=O) groups excluding carboxylic acids is 1. The van der Waals surface area contributed by atoms with Crippen LogP contribution in [0.1, 0.15) is 31.4 Å². The predicted molar refractivity (Wildman–Crippen MR) is 65.9 cm³/mol. The maximum atomic E-state index is 11.5. The minimum Gasteiger partial charge on any atom is -0.352 e. The number of nitrogens with two attached hydrogens (primary N) is 1. The number of rotatable bonds is 4. The molecule has 0 atom stereocenters. The van der Waals surface area contributed by atoms with Crippen molar-refractivity contribution >= 4 is 5.91 Å². The van der Waals surface area contributed by atoms with E-state index < -0.39 is 5.54 Å². The molecule has 1 aromatic rings. The third kappa shape index (κ3) is 5.14. The summed E-state index contributed by atoms with van der Waals surface area (Å²) in [6.45, 7) is 4.09. The Bertz CT molecular complexity index is 423. The molecule has 3 N–H and O–H groups in total. The first-order chi connectivity index (χ1) is 7.90. The number of carbonyl (C=O) groups is 1. The lowest BCUT2D eigenvalue weighted by Crippen LogP contribution is -2.38. The standard InChI is InChI=1S/C13H17N3O/c1-13(2,15)7-12(17)16-9-11-5-3-10(8-14)4-6-11/h3-6H,7,9,15H2,1-2H3,(H,16,17). The van der Waals surface area contributed by atoms with Crippen LogP contribution in [0.15, 0.2) is 24.3 Å². The normalized spacial score (nSPS) is 10.7.